The van der Waals surface area contributed by atoms with Gasteiger partial charge >= 0.3 is 0 Å². The molecule has 0 spiro atoms. The molecule has 106 valence electrons. The molecule has 1 rings (SSSR count). The van der Waals surface area contributed by atoms with Gasteiger partial charge in [0.2, 0.25) is 0 Å². The van der Waals surface area contributed by atoms with Crippen LogP contribution in [0.25, 0.3) is 0 Å². The Labute approximate surface area is 118 Å². The van der Waals surface area contributed by atoms with Crippen LogP contribution in [0, 0.1) is 0 Å². The van der Waals surface area contributed by atoms with Crippen LogP contribution in [-0.4, -0.2) is 31.8 Å². The van der Waals surface area contributed by atoms with E-state index in [-0.39, 0.29) is 18.1 Å². The minimum atomic E-state index is -3.12. The highest BCUT2D eigenvalue weighted by molar-refractivity contribution is 7.91. The number of ether oxygens (including phenoxy) is 1. The van der Waals surface area contributed by atoms with Gasteiger partial charge in [-0.05, 0) is 39.0 Å². The van der Waals surface area contributed by atoms with Gasteiger partial charge in [-0.3, -0.25) is 4.79 Å². The first kappa shape index (κ1) is 16.0. The van der Waals surface area contributed by atoms with Crippen molar-refractivity contribution in [2.24, 2.45) is 0 Å². The van der Waals surface area contributed by atoms with Crippen molar-refractivity contribution < 1.29 is 17.9 Å². The van der Waals surface area contributed by atoms with Crippen molar-refractivity contribution in [3.63, 3.8) is 0 Å². The zero-order chi connectivity index (χ0) is 14.6. The maximum absolute atomic E-state index is 11.6. The van der Waals surface area contributed by atoms with Crippen molar-refractivity contribution in [2.75, 3.05) is 12.4 Å². The molecule has 1 aromatic rings. The van der Waals surface area contributed by atoms with Gasteiger partial charge in [0, 0.05) is 5.56 Å². The van der Waals surface area contributed by atoms with E-state index in [1.54, 1.807) is 26.0 Å². The van der Waals surface area contributed by atoms with Crippen LogP contribution in [0.2, 0.25) is 5.02 Å². The van der Waals surface area contributed by atoms with Gasteiger partial charge in [-0.15, -0.1) is 0 Å². The van der Waals surface area contributed by atoms with Gasteiger partial charge in [-0.2, -0.15) is 0 Å². The molecule has 0 aliphatic rings. The third-order valence-electron chi connectivity index (χ3n) is 2.68. The molecular weight excluding hydrogens is 288 g/mol. The fraction of sp³-hybridized carbons (Fsp3) is 0.462. The lowest BCUT2D eigenvalue weighted by Crippen LogP contribution is -2.22. The first-order valence-corrected chi connectivity index (χ1v) is 7.98. The van der Waals surface area contributed by atoms with E-state index in [4.69, 9.17) is 16.3 Å². The van der Waals surface area contributed by atoms with E-state index in [0.717, 1.165) is 0 Å². The van der Waals surface area contributed by atoms with Crippen LogP contribution < -0.4 is 4.74 Å². The van der Waals surface area contributed by atoms with Crippen LogP contribution in [0.3, 0.4) is 0 Å². The number of carbonyl (C=O) groups is 1. The lowest BCUT2D eigenvalue weighted by Gasteiger charge is -2.10. The lowest BCUT2D eigenvalue weighted by atomic mass is 10.1. The van der Waals surface area contributed by atoms with Crippen LogP contribution in [0.1, 0.15) is 31.1 Å². The number of rotatable bonds is 6. The third-order valence-corrected chi connectivity index (χ3v) is 5.15. The molecule has 4 nitrogen and oxygen atoms in total. The molecule has 0 N–H and O–H groups in total. The summed E-state index contributed by atoms with van der Waals surface area (Å²) in [6.07, 6.45) is 0. The number of halogens is 1. The van der Waals surface area contributed by atoms with Crippen molar-refractivity contribution in [2.45, 2.75) is 26.0 Å². The summed E-state index contributed by atoms with van der Waals surface area (Å²) in [6.45, 7) is 4.75. The molecule has 19 heavy (non-hydrogen) atoms. The zero-order valence-corrected chi connectivity index (χ0v) is 12.7. The van der Waals surface area contributed by atoms with Gasteiger partial charge in [0.15, 0.2) is 15.6 Å². The highest BCUT2D eigenvalue weighted by Gasteiger charge is 2.16. The molecule has 0 fully saturated rings. The highest BCUT2D eigenvalue weighted by atomic mass is 35.5. The first-order chi connectivity index (χ1) is 8.74. The van der Waals surface area contributed by atoms with Crippen LogP contribution >= 0.6 is 11.6 Å². The SMILES string of the molecule is CC(=O)c1ccc(OCCS(=O)(=O)C(C)C)c(Cl)c1. The minimum absolute atomic E-state index is 0.0413. The summed E-state index contributed by atoms with van der Waals surface area (Å²) in [5, 5.41) is -0.124. The Balaban J connectivity index is 2.67. The van der Waals surface area contributed by atoms with E-state index >= 15 is 0 Å². The van der Waals surface area contributed by atoms with Gasteiger partial charge in [-0.25, -0.2) is 8.42 Å². The molecule has 0 bridgehead atoms. The summed E-state index contributed by atoms with van der Waals surface area (Å²) in [6, 6.07) is 4.68. The van der Waals surface area contributed by atoms with E-state index in [2.05, 4.69) is 0 Å². The average Bonchev–Trinajstić information content (AvgIpc) is 2.30. The smallest absolute Gasteiger partial charge is 0.159 e. The van der Waals surface area contributed by atoms with Gasteiger partial charge in [0.1, 0.15) is 12.4 Å². The van der Waals surface area contributed by atoms with Crippen molar-refractivity contribution in [3.05, 3.63) is 28.8 Å². The number of carbonyl (C=O) groups excluding carboxylic acids is 1. The minimum Gasteiger partial charge on any atom is -0.491 e. The standard InChI is InChI=1S/C13H17ClO4S/c1-9(2)19(16,17)7-6-18-13-5-4-11(10(3)15)8-12(13)14/h4-5,8-9H,6-7H2,1-3H3. The molecule has 0 saturated heterocycles. The summed E-state index contributed by atoms with van der Waals surface area (Å²) in [4.78, 5) is 11.2. The van der Waals surface area contributed by atoms with Crippen LogP contribution in [0.15, 0.2) is 18.2 Å². The summed E-state index contributed by atoms with van der Waals surface area (Å²) in [7, 11) is -3.12. The molecule has 0 amide bonds. The molecule has 0 atom stereocenters. The Morgan fingerprint density at radius 1 is 1.37 bits per heavy atom. The molecule has 0 aliphatic carbocycles. The van der Waals surface area contributed by atoms with E-state index in [0.29, 0.717) is 16.3 Å². The Morgan fingerprint density at radius 3 is 2.47 bits per heavy atom. The molecular formula is C13H17ClO4S. The second-order valence-corrected chi connectivity index (χ2v) is 7.55. The van der Waals surface area contributed by atoms with Gasteiger partial charge in [0.05, 0.1) is 16.0 Å². The van der Waals surface area contributed by atoms with Crippen LogP contribution in [0.4, 0.5) is 0 Å². The van der Waals surface area contributed by atoms with Crippen molar-refractivity contribution in [3.8, 4) is 5.75 Å². The van der Waals surface area contributed by atoms with Gasteiger partial charge in [-0.1, -0.05) is 11.6 Å². The number of benzene rings is 1. The van der Waals surface area contributed by atoms with E-state index < -0.39 is 15.1 Å². The fourth-order valence-corrected chi connectivity index (χ4v) is 2.36. The van der Waals surface area contributed by atoms with E-state index in [1.807, 2.05) is 0 Å². The van der Waals surface area contributed by atoms with Gasteiger partial charge in [0.25, 0.3) is 0 Å². The highest BCUT2D eigenvalue weighted by Crippen LogP contribution is 2.25. The van der Waals surface area contributed by atoms with E-state index in [9.17, 15) is 13.2 Å². The van der Waals surface area contributed by atoms with Crippen LogP contribution in [0.5, 0.6) is 5.75 Å². The Morgan fingerprint density at radius 2 is 2.00 bits per heavy atom. The number of ketones is 1. The quantitative estimate of drug-likeness (QED) is 0.758. The maximum Gasteiger partial charge on any atom is 0.159 e. The lowest BCUT2D eigenvalue weighted by molar-refractivity contribution is 0.101. The summed E-state index contributed by atoms with van der Waals surface area (Å²) in [5.41, 5.74) is 0.493. The molecule has 0 heterocycles. The average molecular weight is 305 g/mol. The molecule has 0 radical (unpaired) electrons. The van der Waals surface area contributed by atoms with Crippen LogP contribution in [-0.2, 0) is 9.84 Å². The largest absolute Gasteiger partial charge is 0.491 e. The second-order valence-electron chi connectivity index (χ2n) is 4.47. The molecule has 0 aliphatic heterocycles. The van der Waals surface area contributed by atoms with Crippen molar-refractivity contribution >= 4 is 27.2 Å². The molecule has 0 saturated carbocycles. The Bertz CT molecular complexity index is 564. The normalized spacial score (nSPS) is 11.6. The van der Waals surface area contributed by atoms with Crippen molar-refractivity contribution in [1.82, 2.24) is 0 Å². The molecule has 1 aromatic carbocycles. The number of hydrogen-bond donors (Lipinski definition) is 0. The molecule has 0 aromatic heterocycles. The number of Topliss-reactive ketones (excluding diaryl/α,β-unsaturated/α-hetero) is 1. The third kappa shape index (κ3) is 4.51. The number of sulfone groups is 1. The maximum atomic E-state index is 11.6. The molecule has 0 unspecified atom stereocenters. The van der Waals surface area contributed by atoms with Crippen molar-refractivity contribution in [1.29, 1.82) is 0 Å². The molecule has 6 heteroatoms. The zero-order valence-electron chi connectivity index (χ0n) is 11.1. The second kappa shape index (κ2) is 6.39. The van der Waals surface area contributed by atoms with Gasteiger partial charge < -0.3 is 4.74 Å². The Hall–Kier alpha value is -1.07. The Kier molecular flexibility index (Phi) is 5.38. The summed E-state index contributed by atoms with van der Waals surface area (Å²) < 4.78 is 28.5. The monoisotopic (exact) mass is 304 g/mol. The summed E-state index contributed by atoms with van der Waals surface area (Å²) in [5.74, 6) is 0.233. The van der Waals surface area contributed by atoms with E-state index in [1.165, 1.54) is 13.0 Å². The predicted molar refractivity (Wildman–Crippen MR) is 75.9 cm³/mol. The topological polar surface area (TPSA) is 60.4 Å². The number of hydrogen-bond acceptors (Lipinski definition) is 4. The summed E-state index contributed by atoms with van der Waals surface area (Å²) >= 11 is 5.96. The fourth-order valence-electron chi connectivity index (χ4n) is 1.34. The first-order valence-electron chi connectivity index (χ1n) is 5.89. The predicted octanol–water partition coefficient (Wildman–Crippen LogP) is 2.74.